The molecule has 2 amide bonds. The van der Waals surface area contributed by atoms with E-state index in [9.17, 15) is 4.79 Å². The lowest BCUT2D eigenvalue weighted by molar-refractivity contribution is 0.188. The summed E-state index contributed by atoms with van der Waals surface area (Å²) in [6.45, 7) is 0.680. The molecule has 0 spiro atoms. The van der Waals surface area contributed by atoms with E-state index in [1.165, 1.54) is 5.56 Å². The van der Waals surface area contributed by atoms with Gasteiger partial charge >= 0.3 is 6.03 Å². The van der Waals surface area contributed by atoms with E-state index in [0.29, 0.717) is 6.54 Å². The van der Waals surface area contributed by atoms with Crippen molar-refractivity contribution in [1.29, 1.82) is 0 Å². The molecule has 3 heteroatoms. The zero-order chi connectivity index (χ0) is 12.5. The molecular weight excluding hydrogens is 224 g/mol. The van der Waals surface area contributed by atoms with Crippen LogP contribution in [0.5, 0.6) is 0 Å². The molecule has 0 saturated carbocycles. The average molecular weight is 240 g/mol. The molecule has 92 valence electrons. The molecule has 2 aliphatic rings. The van der Waals surface area contributed by atoms with Gasteiger partial charge in [-0.1, -0.05) is 42.5 Å². The van der Waals surface area contributed by atoms with Crippen molar-refractivity contribution in [1.82, 2.24) is 9.80 Å². The van der Waals surface area contributed by atoms with Gasteiger partial charge in [-0.05, 0) is 18.1 Å². The minimum Gasteiger partial charge on any atom is -0.311 e. The Hall–Kier alpha value is -2.03. The number of likely N-dealkylation sites (N-methyl/N-ethyl adjacent to an activating group) is 1. The van der Waals surface area contributed by atoms with Crippen LogP contribution in [0.4, 0.5) is 4.79 Å². The molecule has 0 bridgehead atoms. The number of hydrogen-bond acceptors (Lipinski definition) is 1. The molecular formula is C15H16N2O. The number of rotatable bonds is 2. The Labute approximate surface area is 107 Å². The Balaban J connectivity index is 1.86. The summed E-state index contributed by atoms with van der Waals surface area (Å²) in [5, 5.41) is 0. The first kappa shape index (κ1) is 11.1. The first-order valence-corrected chi connectivity index (χ1v) is 6.22. The molecule has 0 radical (unpaired) electrons. The first-order valence-electron chi connectivity index (χ1n) is 6.22. The Bertz CT molecular complexity index is 519. The van der Waals surface area contributed by atoms with E-state index in [1.54, 1.807) is 4.90 Å². The third-order valence-electron chi connectivity index (χ3n) is 3.60. The van der Waals surface area contributed by atoms with Crippen LogP contribution in [0.3, 0.4) is 0 Å². The normalized spacial score (nSPS) is 22.2. The van der Waals surface area contributed by atoms with Crippen LogP contribution in [0.1, 0.15) is 12.0 Å². The molecule has 18 heavy (non-hydrogen) atoms. The maximum atomic E-state index is 12.3. The van der Waals surface area contributed by atoms with Crippen LogP contribution in [-0.4, -0.2) is 28.9 Å². The van der Waals surface area contributed by atoms with Gasteiger partial charge in [0.15, 0.2) is 0 Å². The van der Waals surface area contributed by atoms with Crippen molar-refractivity contribution in [2.75, 3.05) is 7.05 Å². The van der Waals surface area contributed by atoms with E-state index in [2.05, 4.69) is 18.2 Å². The third-order valence-corrected chi connectivity index (χ3v) is 3.60. The number of urea groups is 1. The highest BCUT2D eigenvalue weighted by Gasteiger charge is 2.39. The van der Waals surface area contributed by atoms with Gasteiger partial charge in [0.1, 0.15) is 0 Å². The molecule has 3 rings (SSSR count). The molecule has 1 fully saturated rings. The number of hydrogen-bond donors (Lipinski definition) is 0. The third kappa shape index (κ3) is 1.72. The quantitative estimate of drug-likeness (QED) is 0.779. The van der Waals surface area contributed by atoms with Crippen LogP contribution < -0.4 is 0 Å². The monoisotopic (exact) mass is 240 g/mol. The second kappa shape index (κ2) is 4.33. The average Bonchev–Trinajstić information content (AvgIpc) is 2.66. The van der Waals surface area contributed by atoms with Crippen molar-refractivity contribution in [3.8, 4) is 0 Å². The van der Waals surface area contributed by atoms with Gasteiger partial charge in [0.25, 0.3) is 0 Å². The molecule has 3 nitrogen and oxygen atoms in total. The first-order chi connectivity index (χ1) is 8.77. The van der Waals surface area contributed by atoms with Crippen molar-refractivity contribution in [2.45, 2.75) is 19.0 Å². The van der Waals surface area contributed by atoms with E-state index in [4.69, 9.17) is 0 Å². The van der Waals surface area contributed by atoms with E-state index in [1.807, 2.05) is 42.3 Å². The van der Waals surface area contributed by atoms with Gasteiger partial charge < -0.3 is 4.90 Å². The number of allylic oxidation sites excluding steroid dienone is 2. The molecule has 0 N–H and O–H groups in total. The minimum atomic E-state index is 0.0961. The molecule has 1 aromatic rings. The summed E-state index contributed by atoms with van der Waals surface area (Å²) < 4.78 is 0. The van der Waals surface area contributed by atoms with Crippen LogP contribution in [0.2, 0.25) is 0 Å². The van der Waals surface area contributed by atoms with E-state index < -0.39 is 0 Å². The summed E-state index contributed by atoms with van der Waals surface area (Å²) in [7, 11) is 1.85. The van der Waals surface area contributed by atoms with Crippen LogP contribution in [0.25, 0.3) is 0 Å². The van der Waals surface area contributed by atoms with E-state index >= 15 is 0 Å². The van der Waals surface area contributed by atoms with Crippen molar-refractivity contribution in [3.63, 3.8) is 0 Å². The Morgan fingerprint density at radius 3 is 2.83 bits per heavy atom. The molecule has 1 heterocycles. The summed E-state index contributed by atoms with van der Waals surface area (Å²) in [6.07, 6.45) is 7.10. The molecule has 1 aliphatic carbocycles. The van der Waals surface area contributed by atoms with Gasteiger partial charge in [-0.25, -0.2) is 4.79 Å². The molecule has 1 saturated heterocycles. The SMILES string of the molecule is CN1C(=O)N(Cc2ccccc2)C2CC=CC=C21. The molecule has 1 atom stereocenters. The summed E-state index contributed by atoms with van der Waals surface area (Å²) in [5.74, 6) is 0. The number of amides is 2. The van der Waals surface area contributed by atoms with Gasteiger partial charge in [0.2, 0.25) is 0 Å². The fourth-order valence-electron chi connectivity index (χ4n) is 2.62. The topological polar surface area (TPSA) is 23.6 Å². The predicted octanol–water partition coefficient (Wildman–Crippen LogP) is 2.77. The van der Waals surface area contributed by atoms with Crippen LogP contribution in [-0.2, 0) is 6.54 Å². The van der Waals surface area contributed by atoms with Gasteiger partial charge in [-0.2, -0.15) is 0 Å². The summed E-state index contributed by atoms with van der Waals surface area (Å²) in [5.41, 5.74) is 2.29. The Morgan fingerprint density at radius 2 is 2.06 bits per heavy atom. The van der Waals surface area contributed by atoms with Gasteiger partial charge in [-0.15, -0.1) is 0 Å². The number of fused-ring (bicyclic) bond motifs is 1. The number of benzene rings is 1. The van der Waals surface area contributed by atoms with Crippen molar-refractivity contribution in [2.24, 2.45) is 0 Å². The van der Waals surface area contributed by atoms with Crippen molar-refractivity contribution in [3.05, 3.63) is 59.8 Å². The summed E-state index contributed by atoms with van der Waals surface area (Å²) in [4.78, 5) is 16.0. The van der Waals surface area contributed by atoms with Crippen LogP contribution in [0.15, 0.2) is 54.3 Å². The van der Waals surface area contributed by atoms with E-state index in [-0.39, 0.29) is 12.1 Å². The fourth-order valence-corrected chi connectivity index (χ4v) is 2.62. The maximum Gasteiger partial charge on any atom is 0.324 e. The fraction of sp³-hybridized carbons (Fsp3) is 0.267. The second-order valence-electron chi connectivity index (χ2n) is 4.73. The summed E-state index contributed by atoms with van der Waals surface area (Å²) in [6, 6.07) is 10.4. The van der Waals surface area contributed by atoms with Gasteiger partial charge in [-0.3, -0.25) is 4.90 Å². The number of carbonyl (C=O) groups is 1. The molecule has 1 aliphatic heterocycles. The lowest BCUT2D eigenvalue weighted by Gasteiger charge is -2.23. The lowest BCUT2D eigenvalue weighted by Crippen LogP contribution is -2.33. The van der Waals surface area contributed by atoms with Crippen molar-refractivity contribution < 1.29 is 4.79 Å². The zero-order valence-electron chi connectivity index (χ0n) is 10.4. The number of carbonyl (C=O) groups excluding carboxylic acids is 1. The molecule has 1 unspecified atom stereocenters. The highest BCUT2D eigenvalue weighted by atomic mass is 16.2. The Morgan fingerprint density at radius 1 is 1.28 bits per heavy atom. The van der Waals surface area contributed by atoms with Gasteiger partial charge in [0, 0.05) is 19.3 Å². The second-order valence-corrected chi connectivity index (χ2v) is 4.73. The largest absolute Gasteiger partial charge is 0.324 e. The van der Waals surface area contributed by atoms with Crippen molar-refractivity contribution >= 4 is 6.03 Å². The standard InChI is InChI=1S/C15H16N2O/c1-16-13-9-5-6-10-14(13)17(15(16)18)11-12-7-3-2-4-8-12/h2-9,14H,10-11H2,1H3. The molecule has 1 aromatic carbocycles. The Kier molecular flexibility index (Phi) is 2.67. The smallest absolute Gasteiger partial charge is 0.311 e. The predicted molar refractivity (Wildman–Crippen MR) is 70.8 cm³/mol. The zero-order valence-corrected chi connectivity index (χ0v) is 10.4. The highest BCUT2D eigenvalue weighted by molar-refractivity contribution is 5.81. The van der Waals surface area contributed by atoms with Crippen LogP contribution >= 0.6 is 0 Å². The maximum absolute atomic E-state index is 12.3. The molecule has 0 aromatic heterocycles. The minimum absolute atomic E-state index is 0.0961. The van der Waals surface area contributed by atoms with Gasteiger partial charge in [0.05, 0.1) is 6.04 Å². The highest BCUT2D eigenvalue weighted by Crippen LogP contribution is 2.31. The summed E-state index contributed by atoms with van der Waals surface area (Å²) >= 11 is 0. The van der Waals surface area contributed by atoms with E-state index in [0.717, 1.165) is 12.1 Å². The van der Waals surface area contributed by atoms with Crippen LogP contribution in [0, 0.1) is 0 Å². The number of nitrogens with zero attached hydrogens (tertiary/aromatic N) is 2. The lowest BCUT2D eigenvalue weighted by atomic mass is 10.0.